The lowest BCUT2D eigenvalue weighted by Gasteiger charge is -2.30. The van der Waals surface area contributed by atoms with Gasteiger partial charge in [-0.05, 0) is 24.1 Å². The molecule has 0 spiro atoms. The van der Waals surface area contributed by atoms with Gasteiger partial charge >= 0.3 is 0 Å². The van der Waals surface area contributed by atoms with Crippen molar-refractivity contribution in [2.24, 2.45) is 0 Å². The number of carbonyl (C=O) groups excluding carboxylic acids is 1. The predicted octanol–water partition coefficient (Wildman–Crippen LogP) is 2.18. The van der Waals surface area contributed by atoms with E-state index in [1.807, 2.05) is 19.2 Å². The Labute approximate surface area is 133 Å². The van der Waals surface area contributed by atoms with Crippen LogP contribution in [-0.2, 0) is 11.3 Å². The molecule has 5 nitrogen and oxygen atoms in total. The van der Waals surface area contributed by atoms with E-state index in [9.17, 15) is 4.79 Å². The molecule has 1 aliphatic rings. The molecule has 1 atom stereocenters. The van der Waals surface area contributed by atoms with Crippen LogP contribution in [0.15, 0.2) is 16.6 Å². The zero-order chi connectivity index (χ0) is 15.4. The minimum Gasteiger partial charge on any atom is -0.493 e. The highest BCUT2D eigenvalue weighted by atomic mass is 79.9. The summed E-state index contributed by atoms with van der Waals surface area (Å²) in [7, 11) is 5.10. The lowest BCUT2D eigenvalue weighted by Crippen LogP contribution is -2.46. The van der Waals surface area contributed by atoms with Crippen molar-refractivity contribution in [3.05, 3.63) is 22.2 Å². The van der Waals surface area contributed by atoms with Gasteiger partial charge in [-0.15, -0.1) is 0 Å². The van der Waals surface area contributed by atoms with E-state index in [1.165, 1.54) is 0 Å². The van der Waals surface area contributed by atoms with Crippen LogP contribution in [0.4, 0.5) is 0 Å². The summed E-state index contributed by atoms with van der Waals surface area (Å²) < 4.78 is 11.6. The first-order valence-corrected chi connectivity index (χ1v) is 7.72. The van der Waals surface area contributed by atoms with E-state index < -0.39 is 0 Å². The third-order valence-electron chi connectivity index (χ3n) is 3.76. The number of carbonyl (C=O) groups is 1. The fraction of sp³-hybridized carbons (Fsp3) is 0.533. The summed E-state index contributed by atoms with van der Waals surface area (Å²) in [5.74, 6) is 1.64. The van der Waals surface area contributed by atoms with E-state index in [-0.39, 0.29) is 5.91 Å². The summed E-state index contributed by atoms with van der Waals surface area (Å²) in [4.78, 5) is 13.3. The van der Waals surface area contributed by atoms with Gasteiger partial charge in [0.05, 0.1) is 14.2 Å². The Kier molecular flexibility index (Phi) is 5.47. The van der Waals surface area contributed by atoms with Crippen LogP contribution in [0.3, 0.4) is 0 Å². The van der Waals surface area contributed by atoms with Crippen LogP contribution >= 0.6 is 15.9 Å². The SMILES string of the molecule is COc1cc(Br)c(CNC2CCC(=O)N(C)C2)cc1OC. The molecule has 1 aliphatic heterocycles. The molecule has 6 heteroatoms. The number of ether oxygens (including phenoxy) is 2. The minimum absolute atomic E-state index is 0.223. The number of nitrogens with zero attached hydrogens (tertiary/aromatic N) is 1. The second-order valence-electron chi connectivity index (χ2n) is 5.19. The van der Waals surface area contributed by atoms with Crippen LogP contribution in [0.25, 0.3) is 0 Å². The molecule has 1 N–H and O–H groups in total. The van der Waals surface area contributed by atoms with Crippen molar-refractivity contribution < 1.29 is 14.3 Å². The lowest BCUT2D eigenvalue weighted by atomic mass is 10.1. The Hall–Kier alpha value is -1.27. The third-order valence-corrected chi connectivity index (χ3v) is 4.50. The monoisotopic (exact) mass is 356 g/mol. The molecule has 1 fully saturated rings. The average molecular weight is 357 g/mol. The maximum absolute atomic E-state index is 11.5. The number of likely N-dealkylation sites (tertiary alicyclic amines) is 1. The molecule has 1 heterocycles. The van der Waals surface area contributed by atoms with E-state index in [0.29, 0.717) is 30.5 Å². The van der Waals surface area contributed by atoms with Crippen LogP contribution in [0.1, 0.15) is 18.4 Å². The number of halogens is 1. The maximum atomic E-state index is 11.5. The molecular formula is C15H21BrN2O3. The van der Waals surface area contributed by atoms with Gasteiger partial charge in [0.15, 0.2) is 11.5 Å². The third kappa shape index (κ3) is 3.89. The Morgan fingerprint density at radius 3 is 2.62 bits per heavy atom. The van der Waals surface area contributed by atoms with Crippen LogP contribution in [-0.4, -0.2) is 44.7 Å². The van der Waals surface area contributed by atoms with E-state index >= 15 is 0 Å². The van der Waals surface area contributed by atoms with Gasteiger partial charge in [0.25, 0.3) is 0 Å². The molecular weight excluding hydrogens is 336 g/mol. The predicted molar refractivity (Wildman–Crippen MR) is 84.7 cm³/mol. The Morgan fingerprint density at radius 2 is 2.00 bits per heavy atom. The lowest BCUT2D eigenvalue weighted by molar-refractivity contribution is -0.132. The molecule has 1 amide bonds. The minimum atomic E-state index is 0.223. The van der Waals surface area contributed by atoms with Crippen molar-refractivity contribution in [1.29, 1.82) is 0 Å². The fourth-order valence-corrected chi connectivity index (χ4v) is 2.93. The summed E-state index contributed by atoms with van der Waals surface area (Å²) in [6, 6.07) is 4.20. The number of nitrogens with one attached hydrogen (secondary N) is 1. The zero-order valence-electron chi connectivity index (χ0n) is 12.6. The highest BCUT2D eigenvalue weighted by Crippen LogP contribution is 2.33. The van der Waals surface area contributed by atoms with Gasteiger partial charge in [0, 0.05) is 37.1 Å². The summed E-state index contributed by atoms with van der Waals surface area (Å²) in [5.41, 5.74) is 1.10. The standard InChI is InChI=1S/C15H21BrN2O3/c1-18-9-11(4-5-15(18)19)17-8-10-6-13(20-2)14(21-3)7-12(10)16/h6-7,11,17H,4-5,8-9H2,1-3H3. The zero-order valence-corrected chi connectivity index (χ0v) is 14.2. The second-order valence-corrected chi connectivity index (χ2v) is 6.04. The number of hydrogen-bond acceptors (Lipinski definition) is 4. The van der Waals surface area contributed by atoms with E-state index in [2.05, 4.69) is 21.2 Å². The van der Waals surface area contributed by atoms with Crippen molar-refractivity contribution in [3.8, 4) is 11.5 Å². The van der Waals surface area contributed by atoms with Gasteiger partial charge in [-0.1, -0.05) is 15.9 Å². The number of benzene rings is 1. The number of amides is 1. The first kappa shape index (κ1) is 16.1. The van der Waals surface area contributed by atoms with Gasteiger partial charge in [0.1, 0.15) is 0 Å². The number of hydrogen-bond donors (Lipinski definition) is 1. The fourth-order valence-electron chi connectivity index (χ4n) is 2.46. The quantitative estimate of drug-likeness (QED) is 0.878. The molecule has 1 unspecified atom stereocenters. The second kappa shape index (κ2) is 7.13. The van der Waals surface area contributed by atoms with Crippen molar-refractivity contribution in [1.82, 2.24) is 10.2 Å². The van der Waals surface area contributed by atoms with Gasteiger partial charge in [-0.25, -0.2) is 0 Å². The van der Waals surface area contributed by atoms with Crippen LogP contribution in [0.5, 0.6) is 11.5 Å². The molecule has 1 saturated heterocycles. The topological polar surface area (TPSA) is 50.8 Å². The average Bonchev–Trinajstić information content (AvgIpc) is 2.49. The summed E-state index contributed by atoms with van der Waals surface area (Å²) in [5, 5.41) is 3.50. The summed E-state index contributed by atoms with van der Waals surface area (Å²) in [6.07, 6.45) is 1.50. The normalized spacial score (nSPS) is 18.8. The van der Waals surface area contributed by atoms with Crippen LogP contribution < -0.4 is 14.8 Å². The van der Waals surface area contributed by atoms with Crippen molar-refractivity contribution in [2.45, 2.75) is 25.4 Å². The van der Waals surface area contributed by atoms with Gasteiger partial charge in [0.2, 0.25) is 5.91 Å². The van der Waals surface area contributed by atoms with Crippen LogP contribution in [0.2, 0.25) is 0 Å². The Morgan fingerprint density at radius 1 is 1.33 bits per heavy atom. The first-order valence-electron chi connectivity index (χ1n) is 6.93. The first-order chi connectivity index (χ1) is 10.0. The number of methoxy groups -OCH3 is 2. The summed E-state index contributed by atoms with van der Waals surface area (Å²) in [6.45, 7) is 1.47. The Balaban J connectivity index is 2.01. The molecule has 0 bridgehead atoms. The molecule has 0 radical (unpaired) electrons. The highest BCUT2D eigenvalue weighted by molar-refractivity contribution is 9.10. The maximum Gasteiger partial charge on any atom is 0.222 e. The number of likely N-dealkylation sites (N-methyl/N-ethyl adjacent to an activating group) is 1. The number of piperidine rings is 1. The molecule has 0 aliphatic carbocycles. The van der Waals surface area contributed by atoms with Crippen LogP contribution in [0, 0.1) is 0 Å². The number of rotatable bonds is 5. The van der Waals surface area contributed by atoms with E-state index in [4.69, 9.17) is 9.47 Å². The highest BCUT2D eigenvalue weighted by Gasteiger charge is 2.22. The smallest absolute Gasteiger partial charge is 0.222 e. The van der Waals surface area contributed by atoms with Crippen molar-refractivity contribution in [2.75, 3.05) is 27.8 Å². The van der Waals surface area contributed by atoms with Gasteiger partial charge < -0.3 is 19.7 Å². The van der Waals surface area contributed by atoms with Gasteiger partial charge in [-0.3, -0.25) is 4.79 Å². The Bertz CT molecular complexity index is 522. The largest absolute Gasteiger partial charge is 0.493 e. The van der Waals surface area contributed by atoms with Crippen molar-refractivity contribution >= 4 is 21.8 Å². The molecule has 0 saturated carbocycles. The molecule has 0 aromatic heterocycles. The molecule has 1 aromatic rings. The molecule has 116 valence electrons. The van der Waals surface area contributed by atoms with Gasteiger partial charge in [-0.2, -0.15) is 0 Å². The molecule has 21 heavy (non-hydrogen) atoms. The molecule has 1 aromatic carbocycles. The summed E-state index contributed by atoms with van der Waals surface area (Å²) >= 11 is 3.56. The van der Waals surface area contributed by atoms with E-state index in [0.717, 1.165) is 23.0 Å². The molecule has 2 rings (SSSR count). The van der Waals surface area contributed by atoms with Crippen molar-refractivity contribution in [3.63, 3.8) is 0 Å². The van der Waals surface area contributed by atoms with E-state index in [1.54, 1.807) is 19.1 Å².